The fraction of sp³-hybridized carbons (Fsp3) is 0.0714. The molecule has 0 saturated heterocycles. The number of carbonyl (C=O) groups excluding carboxylic acids is 1. The van der Waals surface area contributed by atoms with E-state index in [-0.39, 0.29) is 17.2 Å². The number of halogens is 1. The van der Waals surface area contributed by atoms with Gasteiger partial charge in [-0.3, -0.25) is 4.79 Å². The number of benzene rings is 2. The van der Waals surface area contributed by atoms with Crippen LogP contribution in [0.15, 0.2) is 42.5 Å². The standard InChI is InChI=1S/C14H13FN2O/c1-9-2-5-11(6-3-9)17-14(18)10-4-7-13(16)12(15)8-10/h2-8H,16H2,1H3,(H,17,18). The van der Waals surface area contributed by atoms with Crippen LogP contribution in [0.4, 0.5) is 15.8 Å². The molecule has 0 aliphatic carbocycles. The normalized spacial score (nSPS) is 10.1. The van der Waals surface area contributed by atoms with E-state index >= 15 is 0 Å². The first-order valence-electron chi connectivity index (χ1n) is 5.49. The predicted molar refractivity (Wildman–Crippen MR) is 69.9 cm³/mol. The molecule has 2 rings (SSSR count). The number of nitrogens with two attached hydrogens (primary N) is 1. The van der Waals surface area contributed by atoms with Crippen LogP contribution in [-0.4, -0.2) is 5.91 Å². The first-order chi connectivity index (χ1) is 8.56. The first-order valence-corrected chi connectivity index (χ1v) is 5.49. The second kappa shape index (κ2) is 4.87. The number of nitrogen functional groups attached to an aromatic ring is 1. The van der Waals surface area contributed by atoms with Crippen molar-refractivity contribution in [1.29, 1.82) is 0 Å². The zero-order valence-corrected chi connectivity index (χ0v) is 9.91. The maximum absolute atomic E-state index is 13.2. The highest BCUT2D eigenvalue weighted by Gasteiger charge is 2.08. The molecule has 2 aromatic rings. The molecule has 0 spiro atoms. The molecule has 18 heavy (non-hydrogen) atoms. The fourth-order valence-corrected chi connectivity index (χ4v) is 1.51. The molecular weight excluding hydrogens is 231 g/mol. The minimum Gasteiger partial charge on any atom is -0.396 e. The summed E-state index contributed by atoms with van der Waals surface area (Å²) in [5, 5.41) is 2.69. The van der Waals surface area contributed by atoms with Gasteiger partial charge in [0, 0.05) is 11.3 Å². The van der Waals surface area contributed by atoms with Crippen molar-refractivity contribution in [1.82, 2.24) is 0 Å². The zero-order chi connectivity index (χ0) is 13.1. The zero-order valence-electron chi connectivity index (χ0n) is 9.91. The molecule has 0 heterocycles. The molecule has 0 aromatic heterocycles. The van der Waals surface area contributed by atoms with Crippen LogP contribution in [0.5, 0.6) is 0 Å². The number of rotatable bonds is 2. The third-order valence-corrected chi connectivity index (χ3v) is 2.57. The molecule has 0 fully saturated rings. The summed E-state index contributed by atoms with van der Waals surface area (Å²) >= 11 is 0. The van der Waals surface area contributed by atoms with E-state index in [1.165, 1.54) is 12.1 Å². The number of anilines is 2. The van der Waals surface area contributed by atoms with Gasteiger partial charge in [-0.2, -0.15) is 0 Å². The Hall–Kier alpha value is -2.36. The monoisotopic (exact) mass is 244 g/mol. The van der Waals surface area contributed by atoms with Gasteiger partial charge in [-0.15, -0.1) is 0 Å². The summed E-state index contributed by atoms with van der Waals surface area (Å²) in [5.41, 5.74) is 7.39. The Kier molecular flexibility index (Phi) is 3.28. The van der Waals surface area contributed by atoms with Gasteiger partial charge in [0.25, 0.3) is 5.91 Å². The molecule has 0 saturated carbocycles. The summed E-state index contributed by atoms with van der Waals surface area (Å²) < 4.78 is 13.2. The number of carbonyl (C=O) groups is 1. The van der Waals surface area contributed by atoms with Crippen LogP contribution in [-0.2, 0) is 0 Å². The lowest BCUT2D eigenvalue weighted by Gasteiger charge is -2.06. The molecule has 4 heteroatoms. The van der Waals surface area contributed by atoms with E-state index in [1.807, 2.05) is 19.1 Å². The van der Waals surface area contributed by atoms with Crippen LogP contribution in [0, 0.1) is 12.7 Å². The van der Waals surface area contributed by atoms with Crippen molar-refractivity contribution < 1.29 is 9.18 Å². The number of hydrogen-bond acceptors (Lipinski definition) is 2. The van der Waals surface area contributed by atoms with Gasteiger partial charge >= 0.3 is 0 Å². The third kappa shape index (κ3) is 2.66. The lowest BCUT2D eigenvalue weighted by atomic mass is 10.1. The summed E-state index contributed by atoms with van der Waals surface area (Å²) in [4.78, 5) is 11.8. The number of hydrogen-bond donors (Lipinski definition) is 2. The van der Waals surface area contributed by atoms with Crippen molar-refractivity contribution >= 4 is 17.3 Å². The third-order valence-electron chi connectivity index (χ3n) is 2.57. The minimum atomic E-state index is -0.591. The van der Waals surface area contributed by atoms with Crippen LogP contribution in [0.2, 0.25) is 0 Å². The van der Waals surface area contributed by atoms with Gasteiger partial charge in [0.2, 0.25) is 0 Å². The van der Waals surface area contributed by atoms with Crippen molar-refractivity contribution in [2.24, 2.45) is 0 Å². The number of amides is 1. The summed E-state index contributed by atoms with van der Waals surface area (Å²) in [6.07, 6.45) is 0. The largest absolute Gasteiger partial charge is 0.396 e. The molecule has 0 unspecified atom stereocenters. The number of aryl methyl sites for hydroxylation is 1. The molecular formula is C14H13FN2O. The molecule has 1 amide bonds. The van der Waals surface area contributed by atoms with E-state index in [1.54, 1.807) is 12.1 Å². The highest BCUT2D eigenvalue weighted by molar-refractivity contribution is 6.04. The average Bonchev–Trinajstić information content (AvgIpc) is 2.35. The van der Waals surface area contributed by atoms with Crippen molar-refractivity contribution in [3.8, 4) is 0 Å². The Morgan fingerprint density at radius 3 is 2.44 bits per heavy atom. The van der Waals surface area contributed by atoms with Crippen LogP contribution >= 0.6 is 0 Å². The quantitative estimate of drug-likeness (QED) is 0.798. The van der Waals surface area contributed by atoms with Crippen molar-refractivity contribution in [2.75, 3.05) is 11.1 Å². The van der Waals surface area contributed by atoms with Crippen molar-refractivity contribution in [3.05, 3.63) is 59.4 Å². The smallest absolute Gasteiger partial charge is 0.255 e. The van der Waals surface area contributed by atoms with E-state index in [2.05, 4.69) is 5.32 Å². The van der Waals surface area contributed by atoms with Crippen molar-refractivity contribution in [2.45, 2.75) is 6.92 Å². The summed E-state index contributed by atoms with van der Waals surface area (Å²) in [6, 6.07) is 11.3. The molecule has 2 aromatic carbocycles. The van der Waals surface area contributed by atoms with E-state index < -0.39 is 5.82 Å². The SMILES string of the molecule is Cc1ccc(NC(=O)c2ccc(N)c(F)c2)cc1. The van der Waals surface area contributed by atoms with Gasteiger partial charge in [0.05, 0.1) is 5.69 Å². The molecule has 0 aliphatic heterocycles. The minimum absolute atomic E-state index is 0.0295. The van der Waals surface area contributed by atoms with E-state index in [4.69, 9.17) is 5.73 Å². The predicted octanol–water partition coefficient (Wildman–Crippen LogP) is 2.97. The first kappa shape index (κ1) is 12.1. The number of nitrogens with one attached hydrogen (secondary N) is 1. The topological polar surface area (TPSA) is 55.1 Å². The van der Waals surface area contributed by atoms with Crippen LogP contribution in [0.3, 0.4) is 0 Å². The molecule has 3 N–H and O–H groups in total. The van der Waals surface area contributed by atoms with Gasteiger partial charge < -0.3 is 11.1 Å². The van der Waals surface area contributed by atoms with Crippen LogP contribution in [0.1, 0.15) is 15.9 Å². The summed E-state index contributed by atoms with van der Waals surface area (Å²) in [5.74, 6) is -0.954. The van der Waals surface area contributed by atoms with Gasteiger partial charge in [-0.05, 0) is 37.3 Å². The highest BCUT2D eigenvalue weighted by atomic mass is 19.1. The lowest BCUT2D eigenvalue weighted by Crippen LogP contribution is -2.12. The van der Waals surface area contributed by atoms with Gasteiger partial charge in [-0.25, -0.2) is 4.39 Å². The fourth-order valence-electron chi connectivity index (χ4n) is 1.51. The van der Waals surface area contributed by atoms with Crippen LogP contribution < -0.4 is 11.1 Å². The molecule has 0 bridgehead atoms. The van der Waals surface area contributed by atoms with E-state index in [9.17, 15) is 9.18 Å². The van der Waals surface area contributed by atoms with Gasteiger partial charge in [-0.1, -0.05) is 17.7 Å². The lowest BCUT2D eigenvalue weighted by molar-refractivity contribution is 0.102. The Morgan fingerprint density at radius 1 is 1.17 bits per heavy atom. The molecule has 0 radical (unpaired) electrons. The second-order valence-corrected chi connectivity index (χ2v) is 4.06. The Labute approximate surface area is 104 Å². The summed E-state index contributed by atoms with van der Waals surface area (Å²) in [7, 11) is 0. The second-order valence-electron chi connectivity index (χ2n) is 4.06. The maximum atomic E-state index is 13.2. The van der Waals surface area contributed by atoms with E-state index in [0.717, 1.165) is 11.6 Å². The Balaban J connectivity index is 2.16. The molecule has 0 atom stereocenters. The summed E-state index contributed by atoms with van der Waals surface area (Å²) in [6.45, 7) is 1.96. The molecule has 92 valence electrons. The Bertz CT molecular complexity index is 579. The van der Waals surface area contributed by atoms with Crippen molar-refractivity contribution in [3.63, 3.8) is 0 Å². The molecule has 0 aliphatic rings. The molecule has 3 nitrogen and oxygen atoms in total. The Morgan fingerprint density at radius 2 is 1.83 bits per heavy atom. The van der Waals surface area contributed by atoms with Crippen LogP contribution in [0.25, 0.3) is 0 Å². The van der Waals surface area contributed by atoms with E-state index in [0.29, 0.717) is 5.69 Å². The highest BCUT2D eigenvalue weighted by Crippen LogP contribution is 2.14. The maximum Gasteiger partial charge on any atom is 0.255 e. The van der Waals surface area contributed by atoms with Gasteiger partial charge in [0.1, 0.15) is 5.82 Å². The average molecular weight is 244 g/mol. The van der Waals surface area contributed by atoms with Gasteiger partial charge in [0.15, 0.2) is 0 Å².